The lowest BCUT2D eigenvalue weighted by Crippen LogP contribution is -2.23. The van der Waals surface area contributed by atoms with E-state index in [1.165, 1.54) is 0 Å². The lowest BCUT2D eigenvalue weighted by molar-refractivity contribution is -0.179. The standard InChI is InChI=1S/C8H12F6O2/c9-7(10,11)3-1-2-6(15)4-16-5-8(12,13)14/h6,15H,1-5H2. The Morgan fingerprint density at radius 1 is 1.00 bits per heavy atom. The van der Waals surface area contributed by atoms with Crippen LogP contribution >= 0.6 is 0 Å². The normalized spacial score (nSPS) is 15.2. The van der Waals surface area contributed by atoms with E-state index >= 15 is 0 Å². The van der Waals surface area contributed by atoms with Crippen molar-refractivity contribution < 1.29 is 36.2 Å². The molecular weight excluding hydrogens is 242 g/mol. The molecule has 0 aliphatic rings. The molecule has 0 amide bonds. The van der Waals surface area contributed by atoms with Gasteiger partial charge in [-0.25, -0.2) is 0 Å². The molecule has 1 unspecified atom stereocenters. The summed E-state index contributed by atoms with van der Waals surface area (Å²) in [5, 5.41) is 8.98. The molecule has 0 radical (unpaired) electrons. The summed E-state index contributed by atoms with van der Waals surface area (Å²) in [6, 6.07) is 0. The first kappa shape index (κ1) is 15.5. The molecule has 0 aromatic rings. The van der Waals surface area contributed by atoms with Gasteiger partial charge < -0.3 is 9.84 Å². The van der Waals surface area contributed by atoms with Gasteiger partial charge in [0.1, 0.15) is 6.61 Å². The maximum Gasteiger partial charge on any atom is 0.411 e. The van der Waals surface area contributed by atoms with Crippen molar-refractivity contribution in [3.8, 4) is 0 Å². The molecular formula is C8H12F6O2. The molecule has 0 aliphatic carbocycles. The quantitative estimate of drug-likeness (QED) is 0.738. The van der Waals surface area contributed by atoms with Crippen molar-refractivity contribution in [2.75, 3.05) is 13.2 Å². The SMILES string of the molecule is OC(CCCC(F)(F)F)COCC(F)(F)F. The van der Waals surface area contributed by atoms with Gasteiger partial charge >= 0.3 is 12.4 Å². The zero-order valence-corrected chi connectivity index (χ0v) is 8.24. The zero-order valence-electron chi connectivity index (χ0n) is 8.24. The van der Waals surface area contributed by atoms with Crippen LogP contribution in [0.4, 0.5) is 26.3 Å². The van der Waals surface area contributed by atoms with Crippen molar-refractivity contribution in [3.05, 3.63) is 0 Å². The van der Waals surface area contributed by atoms with Gasteiger partial charge in [-0.1, -0.05) is 0 Å². The Morgan fingerprint density at radius 2 is 1.56 bits per heavy atom. The van der Waals surface area contributed by atoms with Gasteiger partial charge in [0.25, 0.3) is 0 Å². The first-order valence-corrected chi connectivity index (χ1v) is 4.49. The third-order valence-electron chi connectivity index (χ3n) is 1.57. The molecule has 0 saturated heterocycles. The number of aliphatic hydroxyl groups excluding tert-OH is 1. The highest BCUT2D eigenvalue weighted by Gasteiger charge is 2.28. The summed E-state index contributed by atoms with van der Waals surface area (Å²) >= 11 is 0. The molecule has 1 atom stereocenters. The number of halogens is 6. The Labute approximate surface area is 88.2 Å². The lowest BCUT2D eigenvalue weighted by Gasteiger charge is -2.13. The summed E-state index contributed by atoms with van der Waals surface area (Å²) in [7, 11) is 0. The van der Waals surface area contributed by atoms with Gasteiger partial charge in [-0.2, -0.15) is 26.3 Å². The highest BCUT2D eigenvalue weighted by atomic mass is 19.4. The van der Waals surface area contributed by atoms with Gasteiger partial charge in [-0.15, -0.1) is 0 Å². The van der Waals surface area contributed by atoms with E-state index in [9.17, 15) is 26.3 Å². The molecule has 2 nitrogen and oxygen atoms in total. The predicted molar refractivity (Wildman–Crippen MR) is 42.8 cm³/mol. The van der Waals surface area contributed by atoms with Crippen LogP contribution in [0.1, 0.15) is 19.3 Å². The Morgan fingerprint density at radius 3 is 2.00 bits per heavy atom. The molecule has 0 aromatic heterocycles. The molecule has 0 spiro atoms. The zero-order chi connectivity index (χ0) is 12.8. The van der Waals surface area contributed by atoms with Gasteiger partial charge in [-0.05, 0) is 12.8 Å². The monoisotopic (exact) mass is 254 g/mol. The first-order valence-electron chi connectivity index (χ1n) is 4.49. The second kappa shape index (κ2) is 6.29. The number of aliphatic hydroxyl groups is 1. The van der Waals surface area contributed by atoms with Gasteiger partial charge in [0.15, 0.2) is 0 Å². The van der Waals surface area contributed by atoms with Crippen LogP contribution < -0.4 is 0 Å². The minimum Gasteiger partial charge on any atom is -0.391 e. The summed E-state index contributed by atoms with van der Waals surface area (Å²) in [5.74, 6) is 0. The average Bonchev–Trinajstić information content (AvgIpc) is 1.98. The van der Waals surface area contributed by atoms with E-state index in [0.717, 1.165) is 0 Å². The molecule has 0 rings (SSSR count). The predicted octanol–water partition coefficient (Wildman–Crippen LogP) is 2.66. The van der Waals surface area contributed by atoms with Crippen molar-refractivity contribution in [2.45, 2.75) is 37.7 Å². The second-order valence-electron chi connectivity index (χ2n) is 3.29. The van der Waals surface area contributed by atoms with Crippen molar-refractivity contribution >= 4 is 0 Å². The molecule has 0 bridgehead atoms. The topological polar surface area (TPSA) is 29.5 Å². The molecule has 0 aromatic carbocycles. The molecule has 0 aliphatic heterocycles. The average molecular weight is 254 g/mol. The van der Waals surface area contributed by atoms with Crippen LogP contribution in [0.15, 0.2) is 0 Å². The third-order valence-corrected chi connectivity index (χ3v) is 1.57. The fourth-order valence-corrected chi connectivity index (χ4v) is 0.932. The van der Waals surface area contributed by atoms with E-state index < -0.39 is 38.1 Å². The maximum atomic E-state index is 11.7. The summed E-state index contributed by atoms with van der Waals surface area (Å²) < 4.78 is 73.7. The number of hydrogen-bond donors (Lipinski definition) is 1. The van der Waals surface area contributed by atoms with Gasteiger partial charge in [0, 0.05) is 6.42 Å². The summed E-state index contributed by atoms with van der Waals surface area (Å²) in [6.45, 7) is -2.12. The third kappa shape index (κ3) is 11.6. The van der Waals surface area contributed by atoms with Crippen LogP contribution in [-0.2, 0) is 4.74 Å². The van der Waals surface area contributed by atoms with E-state index in [0.29, 0.717) is 0 Å². The highest BCUT2D eigenvalue weighted by Crippen LogP contribution is 2.22. The van der Waals surface area contributed by atoms with Crippen LogP contribution in [0.25, 0.3) is 0 Å². The van der Waals surface area contributed by atoms with Gasteiger partial charge in [-0.3, -0.25) is 0 Å². The fraction of sp³-hybridized carbons (Fsp3) is 1.00. The van der Waals surface area contributed by atoms with Crippen LogP contribution in [0.5, 0.6) is 0 Å². The minimum absolute atomic E-state index is 0.239. The largest absolute Gasteiger partial charge is 0.411 e. The van der Waals surface area contributed by atoms with E-state index in [1.54, 1.807) is 0 Å². The van der Waals surface area contributed by atoms with Crippen molar-refractivity contribution in [1.29, 1.82) is 0 Å². The summed E-state index contributed by atoms with van der Waals surface area (Å²) in [4.78, 5) is 0. The van der Waals surface area contributed by atoms with Crippen LogP contribution in [0, 0.1) is 0 Å². The van der Waals surface area contributed by atoms with Crippen molar-refractivity contribution in [1.82, 2.24) is 0 Å². The number of hydrogen-bond acceptors (Lipinski definition) is 2. The molecule has 8 heteroatoms. The molecule has 0 heterocycles. The number of alkyl halides is 6. The number of ether oxygens (including phenoxy) is 1. The van der Waals surface area contributed by atoms with E-state index in [-0.39, 0.29) is 12.8 Å². The smallest absolute Gasteiger partial charge is 0.391 e. The Balaban J connectivity index is 3.49. The van der Waals surface area contributed by atoms with Gasteiger partial charge in [0.2, 0.25) is 0 Å². The van der Waals surface area contributed by atoms with E-state index in [4.69, 9.17) is 5.11 Å². The maximum absolute atomic E-state index is 11.7. The van der Waals surface area contributed by atoms with Crippen LogP contribution in [0.3, 0.4) is 0 Å². The molecule has 0 fully saturated rings. The number of rotatable bonds is 6. The molecule has 16 heavy (non-hydrogen) atoms. The Kier molecular flexibility index (Phi) is 6.09. The van der Waals surface area contributed by atoms with E-state index in [1.807, 2.05) is 0 Å². The molecule has 1 N–H and O–H groups in total. The van der Waals surface area contributed by atoms with Crippen molar-refractivity contribution in [3.63, 3.8) is 0 Å². The van der Waals surface area contributed by atoms with Crippen LogP contribution in [-0.4, -0.2) is 36.8 Å². The summed E-state index contributed by atoms with van der Waals surface area (Å²) in [5.41, 5.74) is 0. The lowest BCUT2D eigenvalue weighted by atomic mass is 10.1. The fourth-order valence-electron chi connectivity index (χ4n) is 0.932. The van der Waals surface area contributed by atoms with E-state index in [2.05, 4.69) is 4.74 Å². The Bertz CT molecular complexity index is 168. The van der Waals surface area contributed by atoms with Crippen molar-refractivity contribution in [2.24, 2.45) is 0 Å². The molecule has 0 saturated carbocycles. The molecule has 98 valence electrons. The highest BCUT2D eigenvalue weighted by molar-refractivity contribution is 4.58. The second-order valence-corrected chi connectivity index (χ2v) is 3.29. The Hall–Kier alpha value is -0.500. The minimum atomic E-state index is -4.49. The first-order chi connectivity index (χ1) is 7.10. The van der Waals surface area contributed by atoms with Gasteiger partial charge in [0.05, 0.1) is 12.7 Å². The van der Waals surface area contributed by atoms with Crippen LogP contribution in [0.2, 0.25) is 0 Å². The summed E-state index contributed by atoms with van der Waals surface area (Å²) in [6.07, 6.45) is -11.7.